The highest BCUT2D eigenvalue weighted by Gasteiger charge is 2.11. The third kappa shape index (κ3) is 4.92. The van der Waals surface area contributed by atoms with E-state index in [-0.39, 0.29) is 12.3 Å². The third-order valence-corrected chi connectivity index (χ3v) is 4.66. The molecule has 0 fully saturated rings. The van der Waals surface area contributed by atoms with Gasteiger partial charge in [-0.3, -0.25) is 10.1 Å². The first kappa shape index (κ1) is 19.0. The SMILES string of the molecule is O=C(CCc1ncc(-c2ccc(Cl)cc2)o1)Nc1nccn1Cc1ccccc1. The molecule has 0 aliphatic heterocycles. The lowest BCUT2D eigenvalue weighted by Gasteiger charge is -2.08. The molecule has 0 bridgehead atoms. The van der Waals surface area contributed by atoms with Crippen molar-refractivity contribution in [3.63, 3.8) is 0 Å². The molecule has 2 aromatic heterocycles. The van der Waals surface area contributed by atoms with Crippen molar-refractivity contribution in [2.24, 2.45) is 0 Å². The number of aromatic nitrogens is 3. The molecule has 146 valence electrons. The smallest absolute Gasteiger partial charge is 0.227 e. The van der Waals surface area contributed by atoms with Crippen molar-refractivity contribution in [3.05, 3.63) is 89.7 Å². The lowest BCUT2D eigenvalue weighted by molar-refractivity contribution is -0.116. The van der Waals surface area contributed by atoms with Crippen molar-refractivity contribution >= 4 is 23.5 Å². The van der Waals surface area contributed by atoms with Gasteiger partial charge in [-0.1, -0.05) is 41.9 Å². The van der Waals surface area contributed by atoms with Crippen LogP contribution in [0.15, 0.2) is 77.6 Å². The maximum absolute atomic E-state index is 12.4. The Kier molecular flexibility index (Phi) is 5.72. The summed E-state index contributed by atoms with van der Waals surface area (Å²) < 4.78 is 7.64. The number of carbonyl (C=O) groups is 1. The first-order valence-electron chi connectivity index (χ1n) is 9.23. The number of imidazole rings is 1. The van der Waals surface area contributed by atoms with Crippen LogP contribution in [-0.2, 0) is 17.8 Å². The highest BCUT2D eigenvalue weighted by Crippen LogP contribution is 2.22. The third-order valence-electron chi connectivity index (χ3n) is 4.41. The first-order chi connectivity index (χ1) is 14.2. The molecule has 0 aliphatic rings. The molecular formula is C22H19ClN4O2. The summed E-state index contributed by atoms with van der Waals surface area (Å²) in [7, 11) is 0. The zero-order chi connectivity index (χ0) is 20.1. The number of hydrogen-bond acceptors (Lipinski definition) is 4. The van der Waals surface area contributed by atoms with Crippen LogP contribution in [0.4, 0.5) is 5.95 Å². The Hall–Kier alpha value is -3.38. The van der Waals surface area contributed by atoms with Gasteiger partial charge in [-0.2, -0.15) is 0 Å². The molecule has 2 aromatic carbocycles. The fourth-order valence-corrected chi connectivity index (χ4v) is 3.05. The number of nitrogens with one attached hydrogen (secondary N) is 1. The van der Waals surface area contributed by atoms with Crippen LogP contribution in [0.2, 0.25) is 5.02 Å². The van der Waals surface area contributed by atoms with Crippen LogP contribution in [0.25, 0.3) is 11.3 Å². The van der Waals surface area contributed by atoms with Crippen LogP contribution in [0.1, 0.15) is 17.9 Å². The minimum Gasteiger partial charge on any atom is -0.441 e. The second-order valence-electron chi connectivity index (χ2n) is 6.54. The van der Waals surface area contributed by atoms with E-state index < -0.39 is 0 Å². The first-order valence-corrected chi connectivity index (χ1v) is 9.61. The molecule has 6 nitrogen and oxygen atoms in total. The Labute approximate surface area is 173 Å². The van der Waals surface area contributed by atoms with Crippen LogP contribution < -0.4 is 5.32 Å². The predicted molar refractivity (Wildman–Crippen MR) is 112 cm³/mol. The highest BCUT2D eigenvalue weighted by molar-refractivity contribution is 6.30. The molecule has 2 heterocycles. The minimum absolute atomic E-state index is 0.142. The molecule has 0 spiro atoms. The molecule has 1 amide bonds. The van der Waals surface area contributed by atoms with E-state index >= 15 is 0 Å². The van der Waals surface area contributed by atoms with Crippen LogP contribution >= 0.6 is 11.6 Å². The number of aryl methyl sites for hydroxylation is 1. The zero-order valence-electron chi connectivity index (χ0n) is 15.6. The number of nitrogens with zero attached hydrogens (tertiary/aromatic N) is 3. The second kappa shape index (κ2) is 8.75. The van der Waals surface area contributed by atoms with E-state index in [9.17, 15) is 4.79 Å². The van der Waals surface area contributed by atoms with Gasteiger partial charge in [-0.05, 0) is 29.8 Å². The van der Waals surface area contributed by atoms with Crippen LogP contribution in [0.5, 0.6) is 0 Å². The fraction of sp³-hybridized carbons (Fsp3) is 0.136. The number of anilines is 1. The van der Waals surface area contributed by atoms with Gasteiger partial charge in [0.2, 0.25) is 11.9 Å². The monoisotopic (exact) mass is 406 g/mol. The van der Waals surface area contributed by atoms with Crippen LogP contribution in [0, 0.1) is 0 Å². The van der Waals surface area contributed by atoms with Gasteiger partial charge in [-0.15, -0.1) is 0 Å². The summed E-state index contributed by atoms with van der Waals surface area (Å²) in [5.41, 5.74) is 2.02. The van der Waals surface area contributed by atoms with E-state index in [2.05, 4.69) is 15.3 Å². The number of carbonyl (C=O) groups excluding carboxylic acids is 1. The van der Waals surface area contributed by atoms with Crippen molar-refractivity contribution in [1.29, 1.82) is 0 Å². The van der Waals surface area contributed by atoms with Crippen molar-refractivity contribution < 1.29 is 9.21 Å². The molecule has 0 radical (unpaired) electrons. The lowest BCUT2D eigenvalue weighted by Crippen LogP contribution is -2.16. The summed E-state index contributed by atoms with van der Waals surface area (Å²) in [6.07, 6.45) is 5.82. The fourth-order valence-electron chi connectivity index (χ4n) is 2.92. The number of amides is 1. The molecule has 0 saturated heterocycles. The summed E-state index contributed by atoms with van der Waals surface area (Å²) in [6.45, 7) is 0.640. The molecule has 0 aliphatic carbocycles. The molecule has 1 N–H and O–H groups in total. The number of oxazole rings is 1. The van der Waals surface area contributed by atoms with Gasteiger partial charge in [0.15, 0.2) is 11.7 Å². The van der Waals surface area contributed by atoms with Gasteiger partial charge in [0.25, 0.3) is 0 Å². The van der Waals surface area contributed by atoms with E-state index in [0.717, 1.165) is 11.1 Å². The number of benzene rings is 2. The topological polar surface area (TPSA) is 73.0 Å². The van der Waals surface area contributed by atoms with Gasteiger partial charge in [0.1, 0.15) is 0 Å². The van der Waals surface area contributed by atoms with Crippen molar-refractivity contribution in [2.45, 2.75) is 19.4 Å². The Morgan fingerprint density at radius 3 is 2.66 bits per heavy atom. The van der Waals surface area contributed by atoms with Crippen molar-refractivity contribution in [1.82, 2.24) is 14.5 Å². The summed E-state index contributed by atoms with van der Waals surface area (Å²) in [6, 6.07) is 17.3. The summed E-state index contributed by atoms with van der Waals surface area (Å²) in [4.78, 5) is 20.9. The Bertz CT molecular complexity index is 1090. The normalized spacial score (nSPS) is 10.8. The Morgan fingerprint density at radius 1 is 1.07 bits per heavy atom. The standard InChI is InChI=1S/C22H19ClN4O2/c23-18-8-6-17(7-9-18)19-14-25-21(29-19)11-10-20(28)26-22-24-12-13-27(22)15-16-4-2-1-3-5-16/h1-9,12-14H,10-11,15H2,(H,24,26,28). The van der Waals surface area contributed by atoms with E-state index in [1.807, 2.05) is 53.2 Å². The van der Waals surface area contributed by atoms with Crippen LogP contribution in [-0.4, -0.2) is 20.4 Å². The number of halogens is 1. The summed E-state index contributed by atoms with van der Waals surface area (Å²) >= 11 is 5.91. The average Bonchev–Trinajstić information content (AvgIpc) is 3.38. The Morgan fingerprint density at radius 2 is 1.86 bits per heavy atom. The average molecular weight is 407 g/mol. The summed E-state index contributed by atoms with van der Waals surface area (Å²) in [5.74, 6) is 1.54. The molecular weight excluding hydrogens is 388 g/mol. The van der Waals surface area contributed by atoms with E-state index in [1.165, 1.54) is 0 Å². The highest BCUT2D eigenvalue weighted by atomic mass is 35.5. The van der Waals surface area contributed by atoms with Gasteiger partial charge < -0.3 is 8.98 Å². The molecule has 0 atom stereocenters. The second-order valence-corrected chi connectivity index (χ2v) is 6.97. The van der Waals surface area contributed by atoms with Crippen molar-refractivity contribution in [2.75, 3.05) is 5.32 Å². The lowest BCUT2D eigenvalue weighted by atomic mass is 10.2. The Balaban J connectivity index is 1.33. The molecule has 0 unspecified atom stereocenters. The molecule has 4 rings (SSSR count). The van der Waals surface area contributed by atoms with Crippen molar-refractivity contribution in [3.8, 4) is 11.3 Å². The van der Waals surface area contributed by atoms with E-state index in [4.69, 9.17) is 16.0 Å². The zero-order valence-corrected chi connectivity index (χ0v) is 16.3. The largest absolute Gasteiger partial charge is 0.441 e. The van der Waals surface area contributed by atoms with Gasteiger partial charge in [0, 0.05) is 35.8 Å². The number of hydrogen-bond donors (Lipinski definition) is 1. The molecule has 0 saturated carbocycles. The van der Waals surface area contributed by atoms with E-state index in [1.54, 1.807) is 24.5 Å². The molecule has 29 heavy (non-hydrogen) atoms. The van der Waals surface area contributed by atoms with Gasteiger partial charge in [-0.25, -0.2) is 9.97 Å². The minimum atomic E-state index is -0.142. The summed E-state index contributed by atoms with van der Waals surface area (Å²) in [5, 5.41) is 3.52. The molecule has 4 aromatic rings. The quantitative estimate of drug-likeness (QED) is 0.478. The van der Waals surface area contributed by atoms with E-state index in [0.29, 0.717) is 35.6 Å². The predicted octanol–water partition coefficient (Wildman–Crippen LogP) is 4.81. The number of rotatable bonds is 7. The van der Waals surface area contributed by atoms with Crippen LogP contribution in [0.3, 0.4) is 0 Å². The van der Waals surface area contributed by atoms with Gasteiger partial charge in [0.05, 0.1) is 12.7 Å². The van der Waals surface area contributed by atoms with Gasteiger partial charge >= 0.3 is 0 Å². The molecule has 7 heteroatoms. The maximum atomic E-state index is 12.4. The maximum Gasteiger partial charge on any atom is 0.227 e.